The van der Waals surface area contributed by atoms with Gasteiger partial charge in [-0.15, -0.1) is 21.5 Å². The van der Waals surface area contributed by atoms with Crippen molar-refractivity contribution in [1.82, 2.24) is 19.7 Å². The SMILES string of the molecule is CC(C)c1ccc(OC(C)c2nnc(SCc3csc(-c4ccccc4)n3)n2C)cc1. The van der Waals surface area contributed by atoms with E-state index in [9.17, 15) is 0 Å². The molecule has 0 aliphatic rings. The summed E-state index contributed by atoms with van der Waals surface area (Å²) in [6, 6.07) is 18.5. The second-order valence-corrected chi connectivity index (χ2v) is 9.48. The molecule has 0 aliphatic carbocycles. The molecule has 0 radical (unpaired) electrons. The number of hydrogen-bond donors (Lipinski definition) is 0. The normalized spacial score (nSPS) is 12.3. The number of thiazole rings is 1. The van der Waals surface area contributed by atoms with Crippen molar-refractivity contribution in [2.75, 3.05) is 0 Å². The number of thioether (sulfide) groups is 1. The molecule has 2 aromatic heterocycles. The molecular weight excluding hydrogens is 424 g/mol. The molecule has 0 fully saturated rings. The van der Waals surface area contributed by atoms with Gasteiger partial charge in [-0.25, -0.2) is 4.98 Å². The zero-order valence-corrected chi connectivity index (χ0v) is 19.8. The summed E-state index contributed by atoms with van der Waals surface area (Å²) in [5, 5.41) is 12.7. The molecule has 1 atom stereocenters. The molecule has 31 heavy (non-hydrogen) atoms. The van der Waals surface area contributed by atoms with Crippen molar-refractivity contribution in [2.24, 2.45) is 7.05 Å². The summed E-state index contributed by atoms with van der Waals surface area (Å²) in [7, 11) is 1.98. The van der Waals surface area contributed by atoms with Crippen LogP contribution in [0.3, 0.4) is 0 Å². The lowest BCUT2D eigenvalue weighted by Crippen LogP contribution is -2.10. The van der Waals surface area contributed by atoms with Crippen LogP contribution in [0.4, 0.5) is 0 Å². The fraction of sp³-hybridized carbons (Fsp3) is 0.292. The van der Waals surface area contributed by atoms with Crippen molar-refractivity contribution in [2.45, 2.75) is 43.7 Å². The molecule has 4 rings (SSSR count). The molecule has 5 nitrogen and oxygen atoms in total. The molecular formula is C24H26N4OS2. The molecule has 0 amide bonds. The number of nitrogens with zero attached hydrogens (tertiary/aromatic N) is 4. The van der Waals surface area contributed by atoms with Crippen molar-refractivity contribution < 1.29 is 4.74 Å². The fourth-order valence-electron chi connectivity index (χ4n) is 3.22. The molecule has 0 spiro atoms. The van der Waals surface area contributed by atoms with Gasteiger partial charge in [0.25, 0.3) is 0 Å². The van der Waals surface area contributed by atoms with Crippen LogP contribution < -0.4 is 4.74 Å². The van der Waals surface area contributed by atoms with E-state index in [4.69, 9.17) is 9.72 Å². The Hall–Kier alpha value is -2.64. The first-order valence-electron chi connectivity index (χ1n) is 10.3. The quantitative estimate of drug-likeness (QED) is 0.287. The second kappa shape index (κ2) is 9.66. The molecule has 0 saturated carbocycles. The van der Waals surface area contributed by atoms with Gasteiger partial charge in [-0.05, 0) is 30.5 Å². The highest BCUT2D eigenvalue weighted by Gasteiger charge is 2.18. The Morgan fingerprint density at radius 2 is 1.74 bits per heavy atom. The molecule has 2 aromatic carbocycles. The summed E-state index contributed by atoms with van der Waals surface area (Å²) < 4.78 is 8.10. The molecule has 160 valence electrons. The molecule has 7 heteroatoms. The Morgan fingerprint density at radius 3 is 2.45 bits per heavy atom. The number of ether oxygens (including phenoxy) is 1. The smallest absolute Gasteiger partial charge is 0.191 e. The average molecular weight is 451 g/mol. The maximum Gasteiger partial charge on any atom is 0.191 e. The van der Waals surface area contributed by atoms with E-state index in [-0.39, 0.29) is 6.10 Å². The van der Waals surface area contributed by atoms with Gasteiger partial charge in [0.05, 0.1) is 5.69 Å². The summed E-state index contributed by atoms with van der Waals surface area (Å²) in [6.07, 6.45) is -0.194. The van der Waals surface area contributed by atoms with Gasteiger partial charge in [0.2, 0.25) is 0 Å². The maximum absolute atomic E-state index is 6.10. The Labute approximate surface area is 191 Å². The fourth-order valence-corrected chi connectivity index (χ4v) is 4.96. The zero-order valence-electron chi connectivity index (χ0n) is 18.1. The van der Waals surface area contributed by atoms with Crippen molar-refractivity contribution in [3.8, 4) is 16.3 Å². The predicted molar refractivity (Wildman–Crippen MR) is 128 cm³/mol. The van der Waals surface area contributed by atoms with Crippen LogP contribution in [0.15, 0.2) is 65.1 Å². The van der Waals surface area contributed by atoms with E-state index < -0.39 is 0 Å². The lowest BCUT2D eigenvalue weighted by molar-refractivity contribution is 0.211. The molecule has 4 aromatic rings. The first-order valence-corrected chi connectivity index (χ1v) is 12.2. The first-order chi connectivity index (χ1) is 15.0. The molecule has 1 unspecified atom stereocenters. The van der Waals surface area contributed by atoms with Gasteiger partial charge in [-0.3, -0.25) is 0 Å². The Balaban J connectivity index is 1.38. The number of aromatic nitrogens is 4. The van der Waals surface area contributed by atoms with Crippen LogP contribution >= 0.6 is 23.1 Å². The summed E-state index contributed by atoms with van der Waals surface area (Å²) in [6.45, 7) is 6.37. The predicted octanol–water partition coefficient (Wildman–Crippen LogP) is 6.49. The largest absolute Gasteiger partial charge is 0.483 e. The van der Waals surface area contributed by atoms with Crippen LogP contribution in [0, 0.1) is 0 Å². The van der Waals surface area contributed by atoms with E-state index in [0.717, 1.165) is 38.7 Å². The van der Waals surface area contributed by atoms with Crippen molar-refractivity contribution in [1.29, 1.82) is 0 Å². The standard InChI is InChI=1S/C24H26N4OS2/c1-16(2)18-10-12-21(13-11-18)29-17(3)22-26-27-24(28(22)4)31-15-20-14-30-23(25-20)19-8-6-5-7-9-19/h5-14,16-17H,15H2,1-4H3. The molecule has 2 heterocycles. The molecule has 0 N–H and O–H groups in total. The van der Waals surface area contributed by atoms with Gasteiger partial charge in [-0.1, -0.05) is 68.1 Å². The Bertz CT molecular complexity index is 1120. The van der Waals surface area contributed by atoms with Gasteiger partial charge in [0.15, 0.2) is 17.1 Å². The van der Waals surface area contributed by atoms with Crippen LogP contribution in [0.2, 0.25) is 0 Å². The van der Waals surface area contributed by atoms with E-state index in [1.807, 2.05) is 48.9 Å². The van der Waals surface area contributed by atoms with E-state index in [2.05, 4.69) is 53.7 Å². The summed E-state index contributed by atoms with van der Waals surface area (Å²) in [5.41, 5.74) is 3.50. The van der Waals surface area contributed by atoms with Gasteiger partial charge in [0.1, 0.15) is 10.8 Å². The van der Waals surface area contributed by atoms with Gasteiger partial charge in [0, 0.05) is 23.7 Å². The topological polar surface area (TPSA) is 52.8 Å². The monoisotopic (exact) mass is 450 g/mol. The number of benzene rings is 2. The van der Waals surface area contributed by atoms with Crippen LogP contribution in [0.1, 0.15) is 49.9 Å². The van der Waals surface area contributed by atoms with Crippen molar-refractivity contribution in [3.05, 3.63) is 77.1 Å². The maximum atomic E-state index is 6.10. The van der Waals surface area contributed by atoms with E-state index in [1.165, 1.54) is 5.56 Å². The van der Waals surface area contributed by atoms with Gasteiger partial charge < -0.3 is 9.30 Å². The molecule has 0 aliphatic heterocycles. The third kappa shape index (κ3) is 5.17. The van der Waals surface area contributed by atoms with Crippen LogP contribution in [-0.2, 0) is 12.8 Å². The van der Waals surface area contributed by atoms with Crippen LogP contribution in [0.5, 0.6) is 5.75 Å². The van der Waals surface area contributed by atoms with E-state index >= 15 is 0 Å². The molecule has 0 bridgehead atoms. The van der Waals surface area contributed by atoms with E-state index in [1.54, 1.807) is 23.1 Å². The minimum absolute atomic E-state index is 0.194. The molecule has 0 saturated heterocycles. The highest BCUT2D eigenvalue weighted by Crippen LogP contribution is 2.29. The Morgan fingerprint density at radius 1 is 1.00 bits per heavy atom. The summed E-state index contributed by atoms with van der Waals surface area (Å²) >= 11 is 3.30. The summed E-state index contributed by atoms with van der Waals surface area (Å²) in [4.78, 5) is 4.76. The van der Waals surface area contributed by atoms with Crippen molar-refractivity contribution in [3.63, 3.8) is 0 Å². The number of hydrogen-bond acceptors (Lipinski definition) is 6. The van der Waals surface area contributed by atoms with Gasteiger partial charge in [-0.2, -0.15) is 0 Å². The Kier molecular flexibility index (Phi) is 6.73. The lowest BCUT2D eigenvalue weighted by atomic mass is 10.0. The highest BCUT2D eigenvalue weighted by atomic mass is 32.2. The number of rotatable bonds is 8. The first kappa shape index (κ1) is 21.6. The highest BCUT2D eigenvalue weighted by molar-refractivity contribution is 7.98. The van der Waals surface area contributed by atoms with Gasteiger partial charge >= 0.3 is 0 Å². The minimum atomic E-state index is -0.194. The summed E-state index contributed by atoms with van der Waals surface area (Å²) in [5.74, 6) is 2.90. The van der Waals surface area contributed by atoms with Crippen LogP contribution in [-0.4, -0.2) is 19.7 Å². The average Bonchev–Trinajstić information content (AvgIpc) is 3.40. The van der Waals surface area contributed by atoms with Crippen molar-refractivity contribution >= 4 is 23.1 Å². The van der Waals surface area contributed by atoms with Crippen LogP contribution in [0.25, 0.3) is 10.6 Å². The van der Waals surface area contributed by atoms with E-state index in [0.29, 0.717) is 5.92 Å². The lowest BCUT2D eigenvalue weighted by Gasteiger charge is -2.15. The minimum Gasteiger partial charge on any atom is -0.483 e. The zero-order chi connectivity index (χ0) is 21.8. The third-order valence-electron chi connectivity index (χ3n) is 5.01. The second-order valence-electron chi connectivity index (χ2n) is 7.68. The third-order valence-corrected chi connectivity index (χ3v) is 7.01.